The molecule has 3 rings (SSSR count). The molecule has 3 nitrogen and oxygen atoms in total. The Morgan fingerprint density at radius 2 is 2.00 bits per heavy atom. The van der Waals surface area contributed by atoms with E-state index in [-0.39, 0.29) is 0 Å². The third kappa shape index (κ3) is 2.05. The summed E-state index contributed by atoms with van der Waals surface area (Å²) in [6.45, 7) is 1.96. The zero-order valence-electron chi connectivity index (χ0n) is 10.2. The summed E-state index contributed by atoms with van der Waals surface area (Å²) in [6, 6.07) is 9.31. The van der Waals surface area contributed by atoms with E-state index in [0.717, 1.165) is 16.6 Å². The Morgan fingerprint density at radius 1 is 1.21 bits per heavy atom. The number of nitrogens with zero attached hydrogens (tertiary/aromatic N) is 1. The lowest BCUT2D eigenvalue weighted by atomic mass is 10.1. The van der Waals surface area contributed by atoms with E-state index >= 15 is 0 Å². The maximum absolute atomic E-state index is 6.31. The standard InChI is InChI=1S/C14H11Cl2N3/c1-7-3-2-4-9(12(7)16)14-18-11-6-8(15)5-10(17)13(11)19-14/h2-6H,17H2,1H3,(H,18,19). The molecule has 0 aliphatic rings. The molecule has 0 saturated heterocycles. The van der Waals surface area contributed by atoms with E-state index in [1.807, 2.05) is 25.1 Å². The highest BCUT2D eigenvalue weighted by molar-refractivity contribution is 6.34. The van der Waals surface area contributed by atoms with Gasteiger partial charge < -0.3 is 10.7 Å². The highest BCUT2D eigenvalue weighted by Crippen LogP contribution is 2.32. The number of benzene rings is 2. The first-order valence-electron chi connectivity index (χ1n) is 5.76. The molecule has 0 radical (unpaired) electrons. The van der Waals surface area contributed by atoms with E-state index < -0.39 is 0 Å². The average Bonchev–Trinajstić information content (AvgIpc) is 2.76. The number of aryl methyl sites for hydroxylation is 1. The lowest BCUT2D eigenvalue weighted by Gasteiger charge is -2.02. The van der Waals surface area contributed by atoms with Gasteiger partial charge >= 0.3 is 0 Å². The van der Waals surface area contributed by atoms with Crippen LogP contribution >= 0.6 is 23.2 Å². The van der Waals surface area contributed by atoms with E-state index in [4.69, 9.17) is 28.9 Å². The number of nitrogens with two attached hydrogens (primary N) is 1. The lowest BCUT2D eigenvalue weighted by Crippen LogP contribution is -1.86. The van der Waals surface area contributed by atoms with Crippen LogP contribution in [0.1, 0.15) is 5.56 Å². The van der Waals surface area contributed by atoms with Crippen LogP contribution in [-0.4, -0.2) is 9.97 Å². The zero-order valence-corrected chi connectivity index (χ0v) is 11.7. The van der Waals surface area contributed by atoms with E-state index in [1.54, 1.807) is 12.1 Å². The number of nitrogens with one attached hydrogen (secondary N) is 1. The summed E-state index contributed by atoms with van der Waals surface area (Å²) < 4.78 is 0. The highest BCUT2D eigenvalue weighted by Gasteiger charge is 2.12. The largest absolute Gasteiger partial charge is 0.397 e. The summed E-state index contributed by atoms with van der Waals surface area (Å²) in [6.07, 6.45) is 0. The van der Waals surface area contributed by atoms with Crippen molar-refractivity contribution in [2.75, 3.05) is 5.73 Å². The Bertz CT molecular complexity index is 778. The van der Waals surface area contributed by atoms with Gasteiger partial charge in [-0.25, -0.2) is 4.98 Å². The first kappa shape index (κ1) is 12.3. The third-order valence-corrected chi connectivity index (χ3v) is 3.75. The molecule has 0 aliphatic carbocycles. The molecular formula is C14H11Cl2N3. The molecule has 0 unspecified atom stereocenters. The van der Waals surface area contributed by atoms with Gasteiger partial charge in [-0.2, -0.15) is 0 Å². The van der Waals surface area contributed by atoms with E-state index in [0.29, 0.717) is 27.1 Å². The number of imidazole rings is 1. The van der Waals surface area contributed by atoms with Crippen molar-refractivity contribution in [1.29, 1.82) is 0 Å². The highest BCUT2D eigenvalue weighted by atomic mass is 35.5. The fourth-order valence-corrected chi connectivity index (χ4v) is 2.51. The Balaban J connectivity index is 2.26. The molecule has 1 aromatic heterocycles. The first-order chi connectivity index (χ1) is 9.06. The summed E-state index contributed by atoms with van der Waals surface area (Å²) in [5.74, 6) is 0.692. The Kier molecular flexibility index (Phi) is 2.88. The van der Waals surface area contributed by atoms with E-state index in [2.05, 4.69) is 9.97 Å². The fourth-order valence-electron chi connectivity index (χ4n) is 2.07. The molecule has 0 spiro atoms. The zero-order chi connectivity index (χ0) is 13.6. The molecule has 5 heteroatoms. The molecule has 1 heterocycles. The van der Waals surface area contributed by atoms with Crippen LogP contribution < -0.4 is 5.73 Å². The van der Waals surface area contributed by atoms with Gasteiger partial charge in [-0.3, -0.25) is 0 Å². The van der Waals surface area contributed by atoms with Crippen molar-refractivity contribution >= 4 is 39.9 Å². The minimum absolute atomic E-state index is 0.550. The summed E-state index contributed by atoms with van der Waals surface area (Å²) in [5, 5.41) is 1.27. The van der Waals surface area contributed by atoms with Crippen LogP contribution in [0.2, 0.25) is 10.0 Å². The van der Waals surface area contributed by atoms with Gasteiger partial charge in [0.1, 0.15) is 11.3 Å². The predicted octanol–water partition coefficient (Wildman–Crippen LogP) is 4.43. The van der Waals surface area contributed by atoms with Gasteiger partial charge in [0.15, 0.2) is 0 Å². The van der Waals surface area contributed by atoms with Gasteiger partial charge in [0.05, 0.1) is 16.2 Å². The topological polar surface area (TPSA) is 54.7 Å². The summed E-state index contributed by atoms with van der Waals surface area (Å²) in [5.41, 5.74) is 9.84. The number of nitrogen functional groups attached to an aromatic ring is 1. The number of anilines is 1. The summed E-state index contributed by atoms with van der Waals surface area (Å²) >= 11 is 12.3. The van der Waals surface area contributed by atoms with Gasteiger partial charge in [-0.15, -0.1) is 0 Å². The molecule has 3 N–H and O–H groups in total. The van der Waals surface area contributed by atoms with Crippen LogP contribution in [0.15, 0.2) is 30.3 Å². The van der Waals surface area contributed by atoms with Gasteiger partial charge in [0.2, 0.25) is 0 Å². The number of hydrogen-bond donors (Lipinski definition) is 2. The maximum Gasteiger partial charge on any atom is 0.140 e. The fraction of sp³-hybridized carbons (Fsp3) is 0.0714. The number of hydrogen-bond acceptors (Lipinski definition) is 2. The van der Waals surface area contributed by atoms with Crippen molar-refractivity contribution < 1.29 is 0 Å². The van der Waals surface area contributed by atoms with Crippen molar-refractivity contribution in [3.63, 3.8) is 0 Å². The lowest BCUT2D eigenvalue weighted by molar-refractivity contribution is 1.32. The number of H-pyrrole nitrogens is 1. The molecule has 96 valence electrons. The van der Waals surface area contributed by atoms with Crippen molar-refractivity contribution in [3.8, 4) is 11.4 Å². The molecule has 0 saturated carbocycles. The maximum atomic E-state index is 6.31. The monoisotopic (exact) mass is 291 g/mol. The molecule has 0 amide bonds. The van der Waals surface area contributed by atoms with Crippen LogP contribution in [0.25, 0.3) is 22.4 Å². The van der Waals surface area contributed by atoms with Crippen molar-refractivity contribution in [1.82, 2.24) is 9.97 Å². The number of rotatable bonds is 1. The molecular weight excluding hydrogens is 281 g/mol. The normalized spacial score (nSPS) is 11.1. The second kappa shape index (κ2) is 4.44. The molecule has 0 atom stereocenters. The third-order valence-electron chi connectivity index (χ3n) is 3.03. The Hall–Kier alpha value is -1.71. The molecule has 19 heavy (non-hydrogen) atoms. The van der Waals surface area contributed by atoms with Gasteiger partial charge in [0.25, 0.3) is 0 Å². The van der Waals surface area contributed by atoms with Gasteiger partial charge in [0, 0.05) is 10.6 Å². The number of fused-ring (bicyclic) bond motifs is 1. The van der Waals surface area contributed by atoms with E-state index in [1.165, 1.54) is 0 Å². The van der Waals surface area contributed by atoms with Gasteiger partial charge in [-0.05, 0) is 30.7 Å². The second-order valence-corrected chi connectivity index (χ2v) is 5.23. The van der Waals surface area contributed by atoms with Crippen LogP contribution in [0.5, 0.6) is 0 Å². The van der Waals surface area contributed by atoms with Crippen LogP contribution in [0.4, 0.5) is 5.69 Å². The molecule has 2 aromatic carbocycles. The minimum Gasteiger partial charge on any atom is -0.397 e. The van der Waals surface area contributed by atoms with Crippen LogP contribution in [0, 0.1) is 6.92 Å². The quantitative estimate of drug-likeness (QED) is 0.652. The average molecular weight is 292 g/mol. The first-order valence-corrected chi connectivity index (χ1v) is 6.52. The number of halogens is 2. The molecule has 0 bridgehead atoms. The minimum atomic E-state index is 0.550. The van der Waals surface area contributed by atoms with Gasteiger partial charge in [-0.1, -0.05) is 35.3 Å². The number of aromatic nitrogens is 2. The molecule has 0 aliphatic heterocycles. The second-order valence-electron chi connectivity index (χ2n) is 4.41. The van der Waals surface area contributed by atoms with Crippen molar-refractivity contribution in [3.05, 3.63) is 45.9 Å². The predicted molar refractivity (Wildman–Crippen MR) is 80.7 cm³/mol. The van der Waals surface area contributed by atoms with Crippen molar-refractivity contribution in [2.24, 2.45) is 0 Å². The Morgan fingerprint density at radius 3 is 2.79 bits per heavy atom. The smallest absolute Gasteiger partial charge is 0.140 e. The van der Waals surface area contributed by atoms with Crippen LogP contribution in [-0.2, 0) is 0 Å². The number of aromatic amines is 1. The summed E-state index contributed by atoms with van der Waals surface area (Å²) in [4.78, 5) is 7.70. The molecule has 0 fully saturated rings. The van der Waals surface area contributed by atoms with E-state index in [9.17, 15) is 0 Å². The van der Waals surface area contributed by atoms with Crippen molar-refractivity contribution in [2.45, 2.75) is 6.92 Å². The Labute approximate surface area is 120 Å². The van der Waals surface area contributed by atoms with Crippen LogP contribution in [0.3, 0.4) is 0 Å². The molecule has 3 aromatic rings. The SMILES string of the molecule is Cc1cccc(-c2nc3c(N)cc(Cl)cc3[nH]2)c1Cl. The summed E-state index contributed by atoms with van der Waals surface area (Å²) in [7, 11) is 0.